The number of carbonyl (C=O) groups is 1. The number of hydrogen-bond acceptors (Lipinski definition) is 2. The fourth-order valence-corrected chi connectivity index (χ4v) is 3.09. The Bertz CT molecular complexity index is 334. The van der Waals surface area contributed by atoms with E-state index >= 15 is 0 Å². The average molecular weight is 220 g/mol. The molecular formula is C13H16OS. The van der Waals surface area contributed by atoms with Crippen molar-refractivity contribution < 1.29 is 4.79 Å². The number of rotatable bonds is 2. The van der Waals surface area contributed by atoms with E-state index in [4.69, 9.17) is 0 Å². The van der Waals surface area contributed by atoms with Crippen LogP contribution in [0.4, 0.5) is 0 Å². The minimum Gasteiger partial charge on any atom is -0.298 e. The minimum atomic E-state index is 0.198. The maximum Gasteiger partial charge on any atom is 0.146 e. The van der Waals surface area contributed by atoms with Crippen LogP contribution < -0.4 is 0 Å². The summed E-state index contributed by atoms with van der Waals surface area (Å²) >= 11 is 1.73. The summed E-state index contributed by atoms with van der Waals surface area (Å²) < 4.78 is 0. The first-order chi connectivity index (χ1) is 7.25. The molecule has 2 atom stereocenters. The molecule has 0 radical (unpaired) electrons. The summed E-state index contributed by atoms with van der Waals surface area (Å²) in [6, 6.07) is 10.2. The highest BCUT2D eigenvalue weighted by atomic mass is 32.2. The molecule has 0 saturated heterocycles. The minimum absolute atomic E-state index is 0.198. The van der Waals surface area contributed by atoms with Crippen LogP contribution in [0.3, 0.4) is 0 Å². The zero-order chi connectivity index (χ0) is 10.7. The number of carbonyl (C=O) groups excluding carboxylic acids is 1. The molecule has 0 spiro atoms. The second-order valence-corrected chi connectivity index (χ2v) is 5.55. The topological polar surface area (TPSA) is 17.1 Å². The van der Waals surface area contributed by atoms with Gasteiger partial charge in [-0.05, 0) is 30.9 Å². The van der Waals surface area contributed by atoms with Gasteiger partial charge in [0.15, 0.2) is 0 Å². The van der Waals surface area contributed by atoms with Gasteiger partial charge in [0.2, 0.25) is 0 Å². The van der Waals surface area contributed by atoms with Crippen molar-refractivity contribution in [2.45, 2.75) is 36.3 Å². The lowest BCUT2D eigenvalue weighted by molar-refractivity contribution is -0.120. The average Bonchev–Trinajstić information content (AvgIpc) is 2.24. The zero-order valence-electron chi connectivity index (χ0n) is 8.98. The maximum absolute atomic E-state index is 11.8. The lowest BCUT2D eigenvalue weighted by Crippen LogP contribution is -2.25. The molecule has 1 nitrogen and oxygen atoms in total. The van der Waals surface area contributed by atoms with Crippen LogP contribution in [0.5, 0.6) is 0 Å². The van der Waals surface area contributed by atoms with Gasteiger partial charge in [0.25, 0.3) is 0 Å². The van der Waals surface area contributed by atoms with E-state index in [1.807, 2.05) is 18.2 Å². The van der Waals surface area contributed by atoms with Gasteiger partial charge in [-0.1, -0.05) is 25.1 Å². The Labute approximate surface area is 95.3 Å². The molecule has 1 aromatic carbocycles. The van der Waals surface area contributed by atoms with Crippen molar-refractivity contribution >= 4 is 17.5 Å². The molecule has 1 unspecified atom stereocenters. The SMILES string of the molecule is C[C@@H]1CCC(Sc2ccccc2)C(=O)C1. The highest BCUT2D eigenvalue weighted by Gasteiger charge is 2.26. The Kier molecular flexibility index (Phi) is 3.47. The fraction of sp³-hybridized carbons (Fsp3) is 0.462. The highest BCUT2D eigenvalue weighted by molar-refractivity contribution is 8.00. The van der Waals surface area contributed by atoms with Gasteiger partial charge in [0.1, 0.15) is 5.78 Å². The summed E-state index contributed by atoms with van der Waals surface area (Å²) in [4.78, 5) is 13.0. The van der Waals surface area contributed by atoms with Crippen LogP contribution in [0.25, 0.3) is 0 Å². The predicted molar refractivity (Wildman–Crippen MR) is 64.1 cm³/mol. The van der Waals surface area contributed by atoms with Gasteiger partial charge in [0, 0.05) is 11.3 Å². The van der Waals surface area contributed by atoms with Gasteiger partial charge in [-0.2, -0.15) is 0 Å². The molecule has 80 valence electrons. The van der Waals surface area contributed by atoms with Crippen LogP contribution in [0.1, 0.15) is 26.2 Å². The van der Waals surface area contributed by atoms with Crippen LogP contribution in [0.15, 0.2) is 35.2 Å². The monoisotopic (exact) mass is 220 g/mol. The number of thioether (sulfide) groups is 1. The van der Waals surface area contributed by atoms with Crippen LogP contribution in [-0.2, 0) is 4.79 Å². The number of Topliss-reactive ketones (excluding diaryl/α,β-unsaturated/α-hetero) is 1. The summed E-state index contributed by atoms with van der Waals surface area (Å²) in [6.45, 7) is 2.17. The molecule has 1 fully saturated rings. The van der Waals surface area contributed by atoms with E-state index in [9.17, 15) is 4.79 Å². The van der Waals surface area contributed by atoms with E-state index < -0.39 is 0 Å². The van der Waals surface area contributed by atoms with Crippen molar-refractivity contribution in [2.75, 3.05) is 0 Å². The van der Waals surface area contributed by atoms with Gasteiger partial charge in [-0.3, -0.25) is 4.79 Å². The van der Waals surface area contributed by atoms with Crippen LogP contribution in [0, 0.1) is 5.92 Å². The highest BCUT2D eigenvalue weighted by Crippen LogP contribution is 2.33. The Morgan fingerprint density at radius 2 is 1.93 bits per heavy atom. The normalized spacial score (nSPS) is 26.6. The van der Waals surface area contributed by atoms with Gasteiger partial charge in [-0.15, -0.1) is 11.8 Å². The standard InChI is InChI=1S/C13H16OS/c1-10-7-8-13(12(14)9-10)15-11-5-3-2-4-6-11/h2-6,10,13H,7-9H2,1H3/t10-,13?/m1/s1. The van der Waals surface area contributed by atoms with Crippen molar-refractivity contribution in [3.8, 4) is 0 Å². The summed E-state index contributed by atoms with van der Waals surface area (Å²) in [5.41, 5.74) is 0. The Balaban J connectivity index is 1.98. The molecule has 1 aliphatic rings. The Hall–Kier alpha value is -0.760. The van der Waals surface area contributed by atoms with Crippen LogP contribution in [-0.4, -0.2) is 11.0 Å². The van der Waals surface area contributed by atoms with Crippen molar-refractivity contribution in [3.05, 3.63) is 30.3 Å². The summed E-state index contributed by atoms with van der Waals surface area (Å²) in [5.74, 6) is 1.02. The predicted octanol–water partition coefficient (Wildman–Crippen LogP) is 3.54. The second-order valence-electron chi connectivity index (χ2n) is 4.27. The van der Waals surface area contributed by atoms with Gasteiger partial charge in [0.05, 0.1) is 5.25 Å². The second kappa shape index (κ2) is 4.84. The van der Waals surface area contributed by atoms with Crippen LogP contribution >= 0.6 is 11.8 Å². The van der Waals surface area contributed by atoms with Crippen molar-refractivity contribution in [1.29, 1.82) is 0 Å². The molecule has 0 heterocycles. The molecule has 1 saturated carbocycles. The molecule has 0 amide bonds. The molecule has 2 rings (SSSR count). The fourth-order valence-electron chi connectivity index (χ4n) is 1.96. The maximum atomic E-state index is 11.8. The molecule has 0 aromatic heterocycles. The van der Waals surface area contributed by atoms with E-state index in [0.29, 0.717) is 11.7 Å². The number of benzene rings is 1. The molecule has 1 aromatic rings. The molecule has 0 N–H and O–H groups in total. The first-order valence-electron chi connectivity index (χ1n) is 5.50. The zero-order valence-corrected chi connectivity index (χ0v) is 9.80. The number of ketones is 1. The lowest BCUT2D eigenvalue weighted by atomic mass is 9.89. The van der Waals surface area contributed by atoms with Crippen molar-refractivity contribution in [3.63, 3.8) is 0 Å². The van der Waals surface area contributed by atoms with Crippen molar-refractivity contribution in [1.82, 2.24) is 0 Å². The quantitative estimate of drug-likeness (QED) is 0.758. The third-order valence-corrected chi connectivity index (χ3v) is 4.18. The molecule has 15 heavy (non-hydrogen) atoms. The largest absolute Gasteiger partial charge is 0.298 e. The summed E-state index contributed by atoms with van der Waals surface area (Å²) in [7, 11) is 0. The van der Waals surface area contributed by atoms with Gasteiger partial charge in [-0.25, -0.2) is 0 Å². The molecule has 0 bridgehead atoms. The van der Waals surface area contributed by atoms with E-state index in [1.165, 1.54) is 11.3 Å². The smallest absolute Gasteiger partial charge is 0.146 e. The van der Waals surface area contributed by atoms with E-state index in [1.54, 1.807) is 11.8 Å². The lowest BCUT2D eigenvalue weighted by Gasteiger charge is -2.24. The molecular weight excluding hydrogens is 204 g/mol. The summed E-state index contributed by atoms with van der Waals surface area (Å²) in [5, 5.41) is 0.198. The third-order valence-electron chi connectivity index (χ3n) is 2.85. The van der Waals surface area contributed by atoms with E-state index in [-0.39, 0.29) is 5.25 Å². The van der Waals surface area contributed by atoms with E-state index in [0.717, 1.165) is 12.8 Å². The Morgan fingerprint density at radius 1 is 1.20 bits per heavy atom. The van der Waals surface area contributed by atoms with Gasteiger partial charge < -0.3 is 0 Å². The van der Waals surface area contributed by atoms with E-state index in [2.05, 4.69) is 19.1 Å². The van der Waals surface area contributed by atoms with Crippen LogP contribution in [0.2, 0.25) is 0 Å². The molecule has 1 aliphatic carbocycles. The van der Waals surface area contributed by atoms with Crippen molar-refractivity contribution in [2.24, 2.45) is 5.92 Å². The number of hydrogen-bond donors (Lipinski definition) is 0. The first kappa shape index (κ1) is 10.7. The summed E-state index contributed by atoms with van der Waals surface area (Å²) in [6.07, 6.45) is 3.00. The first-order valence-corrected chi connectivity index (χ1v) is 6.38. The molecule has 0 aliphatic heterocycles. The third kappa shape index (κ3) is 2.85. The molecule has 2 heteroatoms. The van der Waals surface area contributed by atoms with Gasteiger partial charge >= 0.3 is 0 Å². The Morgan fingerprint density at radius 3 is 2.60 bits per heavy atom.